The van der Waals surface area contributed by atoms with E-state index in [2.05, 4.69) is 5.32 Å². The number of rotatable bonds is 4. The monoisotopic (exact) mass is 254 g/mol. The van der Waals surface area contributed by atoms with Gasteiger partial charge in [-0.05, 0) is 49.8 Å². The van der Waals surface area contributed by atoms with Crippen molar-refractivity contribution in [2.24, 2.45) is 0 Å². The van der Waals surface area contributed by atoms with Crippen LogP contribution in [0.1, 0.15) is 25.7 Å². The number of anilines is 1. The molecule has 1 unspecified atom stereocenters. The molecule has 1 aromatic rings. The summed E-state index contributed by atoms with van der Waals surface area (Å²) in [6, 6.07) is 5.53. The SMILES string of the molecule is Nc1ccc(SCCC2CCCCN2)c(F)c1. The molecular formula is C13H19FN2S. The minimum atomic E-state index is -0.202. The Labute approximate surface area is 106 Å². The lowest BCUT2D eigenvalue weighted by molar-refractivity contribution is 0.394. The number of hydrogen-bond donors (Lipinski definition) is 2. The molecule has 4 heteroatoms. The third-order valence-corrected chi connectivity index (χ3v) is 4.17. The fourth-order valence-corrected chi connectivity index (χ4v) is 3.10. The molecule has 17 heavy (non-hydrogen) atoms. The van der Waals surface area contributed by atoms with Crippen molar-refractivity contribution in [1.29, 1.82) is 0 Å². The fraction of sp³-hybridized carbons (Fsp3) is 0.538. The molecule has 0 bridgehead atoms. The Hall–Kier alpha value is -0.740. The lowest BCUT2D eigenvalue weighted by Crippen LogP contribution is -2.34. The summed E-state index contributed by atoms with van der Waals surface area (Å²) in [5.74, 6) is 0.755. The van der Waals surface area contributed by atoms with E-state index in [1.807, 2.05) is 0 Å². The van der Waals surface area contributed by atoms with E-state index in [4.69, 9.17) is 5.73 Å². The average Bonchev–Trinajstić information content (AvgIpc) is 2.33. The number of hydrogen-bond acceptors (Lipinski definition) is 3. The van der Waals surface area contributed by atoms with E-state index in [-0.39, 0.29) is 5.82 Å². The van der Waals surface area contributed by atoms with Crippen molar-refractivity contribution in [2.75, 3.05) is 18.0 Å². The van der Waals surface area contributed by atoms with Crippen molar-refractivity contribution in [3.63, 3.8) is 0 Å². The molecule has 1 saturated heterocycles. The summed E-state index contributed by atoms with van der Waals surface area (Å²) in [5, 5.41) is 3.50. The number of nitrogens with two attached hydrogens (primary N) is 1. The molecule has 1 aliphatic rings. The lowest BCUT2D eigenvalue weighted by Gasteiger charge is -2.23. The molecular weight excluding hydrogens is 235 g/mol. The maximum Gasteiger partial charge on any atom is 0.138 e. The molecule has 2 nitrogen and oxygen atoms in total. The summed E-state index contributed by atoms with van der Waals surface area (Å²) in [6.07, 6.45) is 4.97. The quantitative estimate of drug-likeness (QED) is 0.640. The van der Waals surface area contributed by atoms with Crippen molar-refractivity contribution >= 4 is 17.4 Å². The second-order valence-corrected chi connectivity index (χ2v) is 5.61. The predicted molar refractivity (Wildman–Crippen MR) is 71.8 cm³/mol. The van der Waals surface area contributed by atoms with Gasteiger partial charge in [0, 0.05) is 16.6 Å². The maximum absolute atomic E-state index is 13.5. The Morgan fingerprint density at radius 1 is 1.41 bits per heavy atom. The van der Waals surface area contributed by atoms with E-state index in [0.29, 0.717) is 16.6 Å². The maximum atomic E-state index is 13.5. The molecule has 3 N–H and O–H groups in total. The molecule has 0 aromatic heterocycles. The summed E-state index contributed by atoms with van der Waals surface area (Å²) < 4.78 is 13.5. The van der Waals surface area contributed by atoms with Crippen LogP contribution in [0.5, 0.6) is 0 Å². The first-order valence-electron chi connectivity index (χ1n) is 6.17. The standard InChI is InChI=1S/C13H19FN2S/c14-12-9-10(15)4-5-13(12)17-8-6-11-3-1-2-7-16-11/h4-5,9,11,16H,1-3,6-8,15H2. The number of thioether (sulfide) groups is 1. The second kappa shape index (κ2) is 6.26. The first-order chi connectivity index (χ1) is 8.25. The third-order valence-electron chi connectivity index (χ3n) is 3.09. The zero-order valence-corrected chi connectivity index (χ0v) is 10.7. The van der Waals surface area contributed by atoms with Crippen LogP contribution >= 0.6 is 11.8 Å². The zero-order chi connectivity index (χ0) is 12.1. The van der Waals surface area contributed by atoms with Gasteiger partial charge in [-0.1, -0.05) is 6.42 Å². The van der Waals surface area contributed by atoms with Crippen LogP contribution in [0.15, 0.2) is 23.1 Å². The number of nitrogens with one attached hydrogen (secondary N) is 1. The zero-order valence-electron chi connectivity index (χ0n) is 9.92. The van der Waals surface area contributed by atoms with Gasteiger partial charge in [0.1, 0.15) is 5.82 Å². The highest BCUT2D eigenvalue weighted by Gasteiger charge is 2.12. The van der Waals surface area contributed by atoms with Crippen LogP contribution in [0.25, 0.3) is 0 Å². The van der Waals surface area contributed by atoms with Gasteiger partial charge in [0.25, 0.3) is 0 Å². The fourth-order valence-electron chi connectivity index (χ4n) is 2.12. The summed E-state index contributed by atoms with van der Waals surface area (Å²) >= 11 is 1.58. The molecule has 1 heterocycles. The average molecular weight is 254 g/mol. The normalized spacial score (nSPS) is 20.4. The van der Waals surface area contributed by atoms with E-state index < -0.39 is 0 Å². The van der Waals surface area contributed by atoms with Gasteiger partial charge in [0.2, 0.25) is 0 Å². The minimum Gasteiger partial charge on any atom is -0.399 e. The van der Waals surface area contributed by atoms with E-state index in [9.17, 15) is 4.39 Å². The van der Waals surface area contributed by atoms with Gasteiger partial charge in [-0.2, -0.15) is 0 Å². The van der Waals surface area contributed by atoms with Gasteiger partial charge in [0.05, 0.1) is 0 Å². The molecule has 94 valence electrons. The lowest BCUT2D eigenvalue weighted by atomic mass is 10.0. The van der Waals surface area contributed by atoms with Crippen molar-refractivity contribution < 1.29 is 4.39 Å². The molecule has 0 spiro atoms. The molecule has 0 aliphatic carbocycles. The highest BCUT2D eigenvalue weighted by Crippen LogP contribution is 2.25. The van der Waals surface area contributed by atoms with Crippen molar-refractivity contribution in [2.45, 2.75) is 36.6 Å². The van der Waals surface area contributed by atoms with Crippen LogP contribution in [0.3, 0.4) is 0 Å². The molecule has 0 radical (unpaired) electrons. The highest BCUT2D eigenvalue weighted by molar-refractivity contribution is 7.99. The smallest absolute Gasteiger partial charge is 0.138 e. The van der Waals surface area contributed by atoms with E-state index in [1.165, 1.54) is 25.3 Å². The molecule has 1 atom stereocenters. The predicted octanol–water partition coefficient (Wildman–Crippen LogP) is 3.03. The number of halogens is 1. The molecule has 2 rings (SSSR count). The van der Waals surface area contributed by atoms with Crippen molar-refractivity contribution in [1.82, 2.24) is 5.32 Å². The van der Waals surface area contributed by atoms with Gasteiger partial charge in [0.15, 0.2) is 0 Å². The van der Waals surface area contributed by atoms with Gasteiger partial charge >= 0.3 is 0 Å². The summed E-state index contributed by atoms with van der Waals surface area (Å²) in [5.41, 5.74) is 6.00. The molecule has 1 aliphatic heterocycles. The Morgan fingerprint density at radius 3 is 3.00 bits per heavy atom. The van der Waals surface area contributed by atoms with Crippen LogP contribution in [0.4, 0.5) is 10.1 Å². The van der Waals surface area contributed by atoms with Crippen LogP contribution in [-0.2, 0) is 0 Å². The van der Waals surface area contributed by atoms with Gasteiger partial charge in [-0.25, -0.2) is 4.39 Å². The number of nitrogen functional groups attached to an aromatic ring is 1. The van der Waals surface area contributed by atoms with E-state index in [1.54, 1.807) is 23.9 Å². The van der Waals surface area contributed by atoms with Gasteiger partial charge in [-0.15, -0.1) is 11.8 Å². The first kappa shape index (κ1) is 12.7. The molecule has 0 amide bonds. The molecule has 1 aromatic carbocycles. The van der Waals surface area contributed by atoms with Crippen LogP contribution in [0.2, 0.25) is 0 Å². The second-order valence-electron chi connectivity index (χ2n) is 4.47. The number of benzene rings is 1. The Kier molecular flexibility index (Phi) is 4.68. The summed E-state index contributed by atoms with van der Waals surface area (Å²) in [6.45, 7) is 1.13. The Morgan fingerprint density at radius 2 is 2.29 bits per heavy atom. The summed E-state index contributed by atoms with van der Waals surface area (Å²) in [7, 11) is 0. The molecule has 1 fully saturated rings. The number of piperidine rings is 1. The van der Waals surface area contributed by atoms with Crippen molar-refractivity contribution in [3.05, 3.63) is 24.0 Å². The largest absolute Gasteiger partial charge is 0.399 e. The highest BCUT2D eigenvalue weighted by atomic mass is 32.2. The minimum absolute atomic E-state index is 0.202. The van der Waals surface area contributed by atoms with E-state index in [0.717, 1.165) is 18.7 Å². The summed E-state index contributed by atoms with van der Waals surface area (Å²) in [4.78, 5) is 0.704. The van der Waals surface area contributed by atoms with Crippen molar-refractivity contribution in [3.8, 4) is 0 Å². The Bertz CT molecular complexity index is 364. The first-order valence-corrected chi connectivity index (χ1v) is 7.15. The van der Waals surface area contributed by atoms with Crippen LogP contribution < -0.4 is 11.1 Å². The molecule has 0 saturated carbocycles. The van der Waals surface area contributed by atoms with Crippen LogP contribution in [-0.4, -0.2) is 18.3 Å². The van der Waals surface area contributed by atoms with Crippen LogP contribution in [0, 0.1) is 5.82 Å². The topological polar surface area (TPSA) is 38.0 Å². The van der Waals surface area contributed by atoms with Gasteiger partial charge in [-0.3, -0.25) is 0 Å². The van der Waals surface area contributed by atoms with E-state index >= 15 is 0 Å². The van der Waals surface area contributed by atoms with Gasteiger partial charge < -0.3 is 11.1 Å². The third kappa shape index (κ3) is 3.89. The Balaban J connectivity index is 1.77.